The fourth-order valence-electron chi connectivity index (χ4n) is 1.42. The van der Waals surface area contributed by atoms with Crippen molar-refractivity contribution in [2.24, 2.45) is 0 Å². The molecule has 0 bridgehead atoms. The zero-order valence-corrected chi connectivity index (χ0v) is 12.3. The molecular formula is C11H17N3O2S2. The molecule has 1 rings (SSSR count). The lowest BCUT2D eigenvalue weighted by molar-refractivity contribution is -0.128. The molecule has 0 aliphatic rings. The third kappa shape index (κ3) is 3.99. The number of rotatable bonds is 5. The molecule has 0 saturated carbocycles. The fourth-order valence-corrected chi connectivity index (χ4v) is 2.40. The third-order valence-electron chi connectivity index (χ3n) is 2.28. The minimum absolute atomic E-state index is 0.249. The summed E-state index contributed by atoms with van der Waals surface area (Å²) in [5.41, 5.74) is -0.565. The van der Waals surface area contributed by atoms with Crippen LogP contribution in [0.4, 0.5) is 0 Å². The minimum atomic E-state index is -0.634. The molecule has 0 aliphatic carbocycles. The lowest BCUT2D eigenvalue weighted by Gasteiger charge is -2.26. The van der Waals surface area contributed by atoms with E-state index in [9.17, 15) is 9.59 Å². The van der Waals surface area contributed by atoms with E-state index in [4.69, 9.17) is 0 Å². The smallest absolute Gasteiger partial charge is 0.244 e. The van der Waals surface area contributed by atoms with Gasteiger partial charge in [0.15, 0.2) is 0 Å². The summed E-state index contributed by atoms with van der Waals surface area (Å²) in [6.45, 7) is 5.11. The SMILES string of the molecule is CC(=O)NC(CS)C(=O)NC(C)(C)c1nccs1. The summed E-state index contributed by atoms with van der Waals surface area (Å²) < 4.78 is 0. The van der Waals surface area contributed by atoms with Gasteiger partial charge < -0.3 is 10.6 Å². The van der Waals surface area contributed by atoms with E-state index >= 15 is 0 Å². The average Bonchev–Trinajstić information content (AvgIpc) is 2.78. The molecule has 100 valence electrons. The van der Waals surface area contributed by atoms with E-state index in [1.807, 2.05) is 19.2 Å². The van der Waals surface area contributed by atoms with Crippen LogP contribution in [-0.4, -0.2) is 28.6 Å². The number of carbonyl (C=O) groups excluding carboxylic acids is 2. The van der Waals surface area contributed by atoms with Gasteiger partial charge in [0.05, 0.1) is 5.54 Å². The van der Waals surface area contributed by atoms with Gasteiger partial charge in [0, 0.05) is 24.3 Å². The fraction of sp³-hybridized carbons (Fsp3) is 0.545. The molecule has 1 atom stereocenters. The molecule has 1 heterocycles. The number of thiazole rings is 1. The standard InChI is InChI=1S/C11H17N3O2S2/c1-7(15)13-8(6-17)9(16)14-11(2,3)10-12-4-5-18-10/h4-5,8,17H,6H2,1-3H3,(H,13,15)(H,14,16). The van der Waals surface area contributed by atoms with Crippen LogP contribution in [0.1, 0.15) is 25.8 Å². The number of thiol groups is 1. The van der Waals surface area contributed by atoms with Crippen LogP contribution in [0.2, 0.25) is 0 Å². The summed E-state index contributed by atoms with van der Waals surface area (Å²) in [5.74, 6) is -0.268. The predicted molar refractivity (Wildman–Crippen MR) is 74.7 cm³/mol. The zero-order valence-electron chi connectivity index (χ0n) is 10.6. The second-order valence-electron chi connectivity index (χ2n) is 4.39. The van der Waals surface area contributed by atoms with Crippen LogP contribution in [-0.2, 0) is 15.1 Å². The monoisotopic (exact) mass is 287 g/mol. The Morgan fingerprint density at radius 1 is 1.56 bits per heavy atom. The zero-order chi connectivity index (χ0) is 13.8. The van der Waals surface area contributed by atoms with Gasteiger partial charge in [-0.05, 0) is 13.8 Å². The van der Waals surface area contributed by atoms with E-state index in [0.29, 0.717) is 0 Å². The van der Waals surface area contributed by atoms with Crippen molar-refractivity contribution >= 4 is 35.8 Å². The van der Waals surface area contributed by atoms with Crippen LogP contribution in [0, 0.1) is 0 Å². The Hall–Kier alpha value is -1.08. The van der Waals surface area contributed by atoms with Crippen LogP contribution in [0.25, 0.3) is 0 Å². The first kappa shape index (κ1) is 15.0. The van der Waals surface area contributed by atoms with E-state index in [1.165, 1.54) is 18.3 Å². The normalized spacial score (nSPS) is 12.9. The number of carbonyl (C=O) groups is 2. The Kier molecular flexibility index (Phi) is 5.15. The average molecular weight is 287 g/mol. The minimum Gasteiger partial charge on any atom is -0.344 e. The number of amides is 2. The third-order valence-corrected chi connectivity index (χ3v) is 3.74. The first-order valence-corrected chi connectivity index (χ1v) is 6.98. The molecular weight excluding hydrogens is 270 g/mol. The molecule has 5 nitrogen and oxygen atoms in total. The first-order chi connectivity index (χ1) is 8.36. The van der Waals surface area contributed by atoms with Crippen molar-refractivity contribution in [3.8, 4) is 0 Å². The van der Waals surface area contributed by atoms with Gasteiger partial charge in [-0.3, -0.25) is 9.59 Å². The molecule has 0 aromatic carbocycles. The molecule has 18 heavy (non-hydrogen) atoms. The van der Waals surface area contributed by atoms with Crippen molar-refractivity contribution < 1.29 is 9.59 Å². The Morgan fingerprint density at radius 3 is 2.67 bits per heavy atom. The molecule has 0 aliphatic heterocycles. The summed E-state index contributed by atoms with van der Waals surface area (Å²) >= 11 is 5.54. The first-order valence-electron chi connectivity index (χ1n) is 5.47. The maximum Gasteiger partial charge on any atom is 0.244 e. The molecule has 0 radical (unpaired) electrons. The van der Waals surface area contributed by atoms with E-state index in [2.05, 4.69) is 28.2 Å². The van der Waals surface area contributed by atoms with Crippen molar-refractivity contribution in [2.75, 3.05) is 5.75 Å². The maximum absolute atomic E-state index is 12.0. The molecule has 1 unspecified atom stereocenters. The molecule has 2 N–H and O–H groups in total. The Morgan fingerprint density at radius 2 is 2.22 bits per heavy atom. The molecule has 1 aromatic rings. The highest BCUT2D eigenvalue weighted by molar-refractivity contribution is 7.80. The van der Waals surface area contributed by atoms with E-state index in [-0.39, 0.29) is 17.6 Å². The number of hydrogen-bond acceptors (Lipinski definition) is 5. The summed E-state index contributed by atoms with van der Waals surface area (Å²) in [6, 6.07) is -0.634. The summed E-state index contributed by atoms with van der Waals surface area (Å²) in [4.78, 5) is 27.2. The Bertz CT molecular complexity index is 418. The topological polar surface area (TPSA) is 71.1 Å². The molecule has 2 amide bonds. The van der Waals surface area contributed by atoms with Gasteiger partial charge in [0.2, 0.25) is 11.8 Å². The van der Waals surface area contributed by atoms with E-state index < -0.39 is 11.6 Å². The highest BCUT2D eigenvalue weighted by atomic mass is 32.1. The lowest BCUT2D eigenvalue weighted by atomic mass is 10.1. The van der Waals surface area contributed by atoms with Crippen LogP contribution in [0.5, 0.6) is 0 Å². The summed E-state index contributed by atoms with van der Waals surface area (Å²) in [7, 11) is 0. The number of hydrogen-bond donors (Lipinski definition) is 3. The molecule has 0 spiro atoms. The van der Waals surface area contributed by atoms with Crippen molar-refractivity contribution in [2.45, 2.75) is 32.4 Å². The van der Waals surface area contributed by atoms with Crippen molar-refractivity contribution in [3.63, 3.8) is 0 Å². The van der Waals surface area contributed by atoms with Crippen LogP contribution in [0.3, 0.4) is 0 Å². The van der Waals surface area contributed by atoms with Crippen LogP contribution >= 0.6 is 24.0 Å². The largest absolute Gasteiger partial charge is 0.344 e. The van der Waals surface area contributed by atoms with Crippen molar-refractivity contribution in [1.29, 1.82) is 0 Å². The second kappa shape index (κ2) is 6.19. The molecule has 0 fully saturated rings. The summed E-state index contributed by atoms with van der Waals surface area (Å²) in [5, 5.41) is 8.08. The van der Waals surface area contributed by atoms with Crippen LogP contribution < -0.4 is 10.6 Å². The Labute approximate surface area is 116 Å². The highest BCUT2D eigenvalue weighted by Gasteiger charge is 2.28. The number of nitrogens with zero attached hydrogens (tertiary/aromatic N) is 1. The van der Waals surface area contributed by atoms with Gasteiger partial charge in [-0.15, -0.1) is 11.3 Å². The van der Waals surface area contributed by atoms with Gasteiger partial charge >= 0.3 is 0 Å². The van der Waals surface area contributed by atoms with Gasteiger partial charge in [0.1, 0.15) is 11.0 Å². The van der Waals surface area contributed by atoms with Gasteiger partial charge in [-0.2, -0.15) is 12.6 Å². The van der Waals surface area contributed by atoms with Gasteiger partial charge in [0.25, 0.3) is 0 Å². The summed E-state index contributed by atoms with van der Waals surface area (Å²) in [6.07, 6.45) is 1.69. The lowest BCUT2D eigenvalue weighted by Crippen LogP contribution is -2.52. The Balaban J connectivity index is 2.71. The molecule has 1 aromatic heterocycles. The number of aromatic nitrogens is 1. The second-order valence-corrected chi connectivity index (χ2v) is 5.65. The van der Waals surface area contributed by atoms with E-state index in [1.54, 1.807) is 6.20 Å². The van der Waals surface area contributed by atoms with Gasteiger partial charge in [-0.1, -0.05) is 0 Å². The maximum atomic E-state index is 12.0. The van der Waals surface area contributed by atoms with Crippen LogP contribution in [0.15, 0.2) is 11.6 Å². The van der Waals surface area contributed by atoms with E-state index in [0.717, 1.165) is 5.01 Å². The molecule has 7 heteroatoms. The van der Waals surface area contributed by atoms with Gasteiger partial charge in [-0.25, -0.2) is 4.98 Å². The quantitative estimate of drug-likeness (QED) is 0.706. The van der Waals surface area contributed by atoms with Crippen molar-refractivity contribution in [3.05, 3.63) is 16.6 Å². The van der Waals surface area contributed by atoms with Crippen molar-refractivity contribution in [1.82, 2.24) is 15.6 Å². The highest BCUT2D eigenvalue weighted by Crippen LogP contribution is 2.21. The number of nitrogens with one attached hydrogen (secondary N) is 2. The predicted octanol–water partition coefficient (Wildman–Crippen LogP) is 0.929. The molecule has 0 saturated heterocycles.